The van der Waals surface area contributed by atoms with E-state index in [4.69, 9.17) is 5.73 Å². The van der Waals surface area contributed by atoms with Gasteiger partial charge in [-0.2, -0.15) is 0 Å². The average Bonchev–Trinajstić information content (AvgIpc) is 2.36. The van der Waals surface area contributed by atoms with Gasteiger partial charge in [0, 0.05) is 25.2 Å². The summed E-state index contributed by atoms with van der Waals surface area (Å²) in [5.41, 5.74) is 6.54. The van der Waals surface area contributed by atoms with Crippen LogP contribution in [0.5, 0.6) is 0 Å². The van der Waals surface area contributed by atoms with Crippen LogP contribution >= 0.6 is 0 Å². The van der Waals surface area contributed by atoms with Crippen LogP contribution in [0.1, 0.15) is 26.0 Å². The Morgan fingerprint density at radius 2 is 2.20 bits per heavy atom. The molecule has 0 bridgehead atoms. The first-order valence-electron chi connectivity index (χ1n) is 6.74. The van der Waals surface area contributed by atoms with Gasteiger partial charge in [-0.15, -0.1) is 0 Å². The van der Waals surface area contributed by atoms with Crippen LogP contribution in [0.3, 0.4) is 0 Å². The maximum atomic E-state index is 11.7. The third kappa shape index (κ3) is 6.72. The Bertz CT molecular complexity index is 470. The predicted octanol–water partition coefficient (Wildman–Crippen LogP) is 1.28. The highest BCUT2D eigenvalue weighted by Gasteiger charge is 2.03. The highest BCUT2D eigenvalue weighted by molar-refractivity contribution is 5.90. The number of aryl methyl sites for hydroxylation is 1. The molecule has 1 aromatic rings. The fraction of sp³-hybridized carbons (Fsp3) is 0.500. The third-order valence-electron chi connectivity index (χ3n) is 2.44. The summed E-state index contributed by atoms with van der Waals surface area (Å²) in [5.74, 6) is 1.30. The number of anilines is 1. The maximum Gasteiger partial charge on any atom is 0.227 e. The van der Waals surface area contributed by atoms with Crippen LogP contribution in [0.4, 0.5) is 5.82 Å². The van der Waals surface area contributed by atoms with E-state index in [-0.39, 0.29) is 5.91 Å². The summed E-state index contributed by atoms with van der Waals surface area (Å²) in [7, 11) is 0. The van der Waals surface area contributed by atoms with Crippen LogP contribution in [0, 0.1) is 12.8 Å². The summed E-state index contributed by atoms with van der Waals surface area (Å²) < 4.78 is 0. The molecule has 4 N–H and O–H groups in total. The van der Waals surface area contributed by atoms with Crippen molar-refractivity contribution in [2.24, 2.45) is 16.6 Å². The number of carbonyl (C=O) groups excluding carboxylic acids is 1. The van der Waals surface area contributed by atoms with Crippen molar-refractivity contribution < 1.29 is 4.79 Å². The number of amides is 1. The Morgan fingerprint density at radius 1 is 1.45 bits per heavy atom. The van der Waals surface area contributed by atoms with Crippen LogP contribution in [0.25, 0.3) is 0 Å². The van der Waals surface area contributed by atoms with Crippen molar-refractivity contribution in [1.82, 2.24) is 10.3 Å². The van der Waals surface area contributed by atoms with Crippen LogP contribution in [-0.4, -0.2) is 29.9 Å². The number of aliphatic imine (C=N–C) groups is 1. The SMILES string of the molecule is Cc1cccc(NC(=O)CCNC(N)=NCC(C)C)n1. The smallest absolute Gasteiger partial charge is 0.227 e. The number of nitrogens with one attached hydrogen (secondary N) is 2. The Hall–Kier alpha value is -2.11. The molecule has 0 aliphatic heterocycles. The van der Waals surface area contributed by atoms with Gasteiger partial charge >= 0.3 is 0 Å². The van der Waals surface area contributed by atoms with Crippen molar-refractivity contribution in [3.63, 3.8) is 0 Å². The molecule has 0 radical (unpaired) electrons. The summed E-state index contributed by atoms with van der Waals surface area (Å²) in [4.78, 5) is 20.1. The normalized spacial score (nSPS) is 11.5. The van der Waals surface area contributed by atoms with Gasteiger partial charge in [-0.05, 0) is 25.0 Å². The van der Waals surface area contributed by atoms with E-state index in [1.165, 1.54) is 0 Å². The zero-order valence-electron chi connectivity index (χ0n) is 12.3. The van der Waals surface area contributed by atoms with Crippen molar-refractivity contribution in [2.75, 3.05) is 18.4 Å². The molecule has 110 valence electrons. The van der Waals surface area contributed by atoms with Gasteiger partial charge in [-0.25, -0.2) is 4.98 Å². The largest absolute Gasteiger partial charge is 0.370 e. The van der Waals surface area contributed by atoms with Crippen molar-refractivity contribution in [1.29, 1.82) is 0 Å². The van der Waals surface area contributed by atoms with Crippen molar-refractivity contribution in [3.05, 3.63) is 23.9 Å². The highest BCUT2D eigenvalue weighted by atomic mass is 16.1. The molecule has 20 heavy (non-hydrogen) atoms. The molecule has 0 saturated heterocycles. The van der Waals surface area contributed by atoms with Gasteiger partial charge in [0.15, 0.2) is 5.96 Å². The number of aromatic nitrogens is 1. The van der Waals surface area contributed by atoms with Gasteiger partial charge in [-0.1, -0.05) is 19.9 Å². The first-order valence-corrected chi connectivity index (χ1v) is 6.74. The molecule has 0 aliphatic rings. The van der Waals surface area contributed by atoms with Gasteiger partial charge in [0.2, 0.25) is 5.91 Å². The minimum atomic E-state index is -0.104. The van der Waals surface area contributed by atoms with E-state index >= 15 is 0 Å². The van der Waals surface area contributed by atoms with Gasteiger partial charge in [-0.3, -0.25) is 9.79 Å². The number of rotatable bonds is 6. The Morgan fingerprint density at radius 3 is 2.85 bits per heavy atom. The second-order valence-electron chi connectivity index (χ2n) is 5.01. The molecule has 1 amide bonds. The Labute approximate surface area is 119 Å². The molecule has 0 aliphatic carbocycles. The van der Waals surface area contributed by atoms with Crippen molar-refractivity contribution in [2.45, 2.75) is 27.2 Å². The van der Waals surface area contributed by atoms with Crippen LogP contribution < -0.4 is 16.4 Å². The molecule has 1 rings (SSSR count). The molecular formula is C14H23N5O. The van der Waals surface area contributed by atoms with Gasteiger partial charge in [0.05, 0.1) is 0 Å². The van der Waals surface area contributed by atoms with Gasteiger partial charge in [0.25, 0.3) is 0 Å². The molecule has 0 atom stereocenters. The molecule has 0 spiro atoms. The van der Waals surface area contributed by atoms with Gasteiger partial charge in [0.1, 0.15) is 5.82 Å². The van der Waals surface area contributed by atoms with E-state index in [1.54, 1.807) is 6.07 Å². The minimum absolute atomic E-state index is 0.104. The average molecular weight is 277 g/mol. The summed E-state index contributed by atoms with van der Waals surface area (Å²) in [5, 5.41) is 5.65. The standard InChI is InChI=1S/C14H23N5O/c1-10(2)9-17-14(15)16-8-7-13(20)19-12-6-4-5-11(3)18-12/h4-6,10H,7-9H2,1-3H3,(H3,15,16,17)(H,18,19,20). The number of hydrogen-bond acceptors (Lipinski definition) is 3. The molecule has 0 aromatic carbocycles. The fourth-order valence-electron chi connectivity index (χ4n) is 1.46. The van der Waals surface area contributed by atoms with E-state index in [9.17, 15) is 4.79 Å². The van der Waals surface area contributed by atoms with Crippen LogP contribution in [0.15, 0.2) is 23.2 Å². The number of nitrogens with zero attached hydrogens (tertiary/aromatic N) is 2. The molecule has 1 aromatic heterocycles. The van der Waals surface area contributed by atoms with Crippen molar-refractivity contribution >= 4 is 17.7 Å². The highest BCUT2D eigenvalue weighted by Crippen LogP contribution is 2.03. The number of guanidine groups is 1. The molecule has 1 heterocycles. The molecule has 0 unspecified atom stereocenters. The van der Waals surface area contributed by atoms with Crippen molar-refractivity contribution in [3.8, 4) is 0 Å². The molecular weight excluding hydrogens is 254 g/mol. The zero-order valence-corrected chi connectivity index (χ0v) is 12.3. The first-order chi connectivity index (χ1) is 9.47. The second-order valence-corrected chi connectivity index (χ2v) is 5.01. The first kappa shape index (κ1) is 15.9. The zero-order chi connectivity index (χ0) is 15.0. The van der Waals surface area contributed by atoms with Crippen LogP contribution in [-0.2, 0) is 4.79 Å². The maximum absolute atomic E-state index is 11.7. The second kappa shape index (κ2) is 8.14. The lowest BCUT2D eigenvalue weighted by molar-refractivity contribution is -0.116. The van der Waals surface area contributed by atoms with Gasteiger partial charge < -0.3 is 16.4 Å². The lowest BCUT2D eigenvalue weighted by atomic mass is 10.2. The predicted molar refractivity (Wildman–Crippen MR) is 81.6 cm³/mol. The summed E-state index contributed by atoms with van der Waals surface area (Å²) in [6.07, 6.45) is 0.313. The molecule has 6 nitrogen and oxygen atoms in total. The monoisotopic (exact) mass is 277 g/mol. The lowest BCUT2D eigenvalue weighted by Gasteiger charge is -2.07. The quantitative estimate of drug-likeness (QED) is 0.539. The summed E-state index contributed by atoms with van der Waals surface area (Å²) >= 11 is 0. The number of nitrogens with two attached hydrogens (primary N) is 1. The Kier molecular flexibility index (Phi) is 6.49. The van der Waals surface area contributed by atoms with Crippen LogP contribution in [0.2, 0.25) is 0 Å². The summed E-state index contributed by atoms with van der Waals surface area (Å²) in [6.45, 7) is 7.14. The van der Waals surface area contributed by atoms with E-state index in [0.29, 0.717) is 37.2 Å². The molecule has 0 fully saturated rings. The van der Waals surface area contributed by atoms with E-state index in [1.807, 2.05) is 19.1 Å². The minimum Gasteiger partial charge on any atom is -0.370 e. The number of hydrogen-bond donors (Lipinski definition) is 3. The molecule has 6 heteroatoms. The fourth-order valence-corrected chi connectivity index (χ4v) is 1.46. The summed E-state index contributed by atoms with van der Waals surface area (Å²) in [6, 6.07) is 5.49. The Balaban J connectivity index is 2.28. The van der Waals surface area contributed by atoms with E-state index in [2.05, 4.69) is 34.5 Å². The number of pyridine rings is 1. The lowest BCUT2D eigenvalue weighted by Crippen LogP contribution is -2.34. The molecule has 0 saturated carbocycles. The van der Waals surface area contributed by atoms with E-state index < -0.39 is 0 Å². The van der Waals surface area contributed by atoms with E-state index in [0.717, 1.165) is 5.69 Å². The number of carbonyl (C=O) groups is 1. The third-order valence-corrected chi connectivity index (χ3v) is 2.44. The topological polar surface area (TPSA) is 92.4 Å².